The summed E-state index contributed by atoms with van der Waals surface area (Å²) >= 11 is 0. The number of fused-ring (bicyclic) bond motifs is 2. The van der Waals surface area contributed by atoms with Crippen LogP contribution in [0.3, 0.4) is 0 Å². The second-order valence-electron chi connectivity index (χ2n) is 14.1. The third kappa shape index (κ3) is 3.89. The predicted octanol–water partition coefficient (Wildman–Crippen LogP) is 8.48. The molecule has 0 aliphatic heterocycles. The van der Waals surface area contributed by atoms with E-state index in [9.17, 15) is 5.11 Å². The van der Waals surface area contributed by atoms with Crippen LogP contribution < -0.4 is 0 Å². The molecule has 1 heteroatoms. The van der Waals surface area contributed by atoms with Crippen molar-refractivity contribution in [1.82, 2.24) is 0 Å². The van der Waals surface area contributed by atoms with Gasteiger partial charge in [-0.25, -0.2) is 0 Å². The number of allylic oxidation sites excluding steroid dienone is 4. The molecule has 0 radical (unpaired) electrons. The smallest absolute Gasteiger partial charge is 0.0594 e. The van der Waals surface area contributed by atoms with Gasteiger partial charge < -0.3 is 5.11 Å². The molecule has 0 heterocycles. The fourth-order valence-electron chi connectivity index (χ4n) is 8.75. The lowest BCUT2D eigenvalue weighted by molar-refractivity contribution is -0.116. The number of rotatable bonds is 3. The van der Waals surface area contributed by atoms with Crippen molar-refractivity contribution in [2.75, 3.05) is 0 Å². The Balaban J connectivity index is 1.59. The SMILES string of the molecule is CC1=CCC2C(C)(C)C(O)CCC2(C)C1CCC1=C(C)CCC2(C)CCC(C)(C)CC12. The molecule has 0 bridgehead atoms. The zero-order chi connectivity index (χ0) is 22.8. The molecule has 0 saturated heterocycles. The van der Waals surface area contributed by atoms with Gasteiger partial charge in [0.1, 0.15) is 0 Å². The first-order chi connectivity index (χ1) is 14.3. The Morgan fingerprint density at radius 2 is 1.68 bits per heavy atom. The first-order valence-electron chi connectivity index (χ1n) is 13.3. The second kappa shape index (κ2) is 7.75. The molecule has 6 atom stereocenters. The molecule has 2 fully saturated rings. The number of aliphatic hydroxyl groups is 1. The Hall–Kier alpha value is -0.560. The van der Waals surface area contributed by atoms with Crippen molar-refractivity contribution in [3.8, 4) is 0 Å². The molecule has 6 unspecified atom stereocenters. The van der Waals surface area contributed by atoms with E-state index in [4.69, 9.17) is 0 Å². The van der Waals surface area contributed by atoms with Gasteiger partial charge in [-0.05, 0) is 117 Å². The Morgan fingerprint density at radius 1 is 0.968 bits per heavy atom. The molecular formula is C30H50O. The van der Waals surface area contributed by atoms with Crippen molar-refractivity contribution in [2.24, 2.45) is 39.4 Å². The normalized spacial score (nSPS) is 44.4. The summed E-state index contributed by atoms with van der Waals surface area (Å²) in [6, 6.07) is 0. The molecule has 4 rings (SSSR count). The topological polar surface area (TPSA) is 20.2 Å². The molecule has 0 spiro atoms. The van der Waals surface area contributed by atoms with E-state index in [1.807, 2.05) is 5.57 Å². The first kappa shape index (κ1) is 23.6. The molecule has 1 N–H and O–H groups in total. The van der Waals surface area contributed by atoms with Crippen LogP contribution in [0.25, 0.3) is 0 Å². The Morgan fingerprint density at radius 3 is 2.39 bits per heavy atom. The molecular weight excluding hydrogens is 376 g/mol. The van der Waals surface area contributed by atoms with Crippen LogP contribution in [0.1, 0.15) is 120 Å². The van der Waals surface area contributed by atoms with Gasteiger partial charge in [-0.1, -0.05) is 64.3 Å². The largest absolute Gasteiger partial charge is 0.393 e. The summed E-state index contributed by atoms with van der Waals surface area (Å²) < 4.78 is 0. The number of hydrogen-bond acceptors (Lipinski definition) is 1. The summed E-state index contributed by atoms with van der Waals surface area (Å²) in [5.41, 5.74) is 6.58. The third-order valence-electron chi connectivity index (χ3n) is 11.2. The summed E-state index contributed by atoms with van der Waals surface area (Å²) in [6.07, 6.45) is 15.2. The molecule has 4 aliphatic carbocycles. The lowest BCUT2D eigenvalue weighted by Gasteiger charge is -2.58. The summed E-state index contributed by atoms with van der Waals surface area (Å²) in [5.74, 6) is 2.06. The van der Waals surface area contributed by atoms with Gasteiger partial charge >= 0.3 is 0 Å². The van der Waals surface area contributed by atoms with Crippen LogP contribution in [0.15, 0.2) is 22.8 Å². The molecule has 0 aromatic heterocycles. The molecule has 31 heavy (non-hydrogen) atoms. The maximum absolute atomic E-state index is 10.8. The van der Waals surface area contributed by atoms with Gasteiger partial charge in [0.05, 0.1) is 6.10 Å². The fourth-order valence-corrected chi connectivity index (χ4v) is 8.75. The van der Waals surface area contributed by atoms with E-state index in [-0.39, 0.29) is 11.5 Å². The first-order valence-corrected chi connectivity index (χ1v) is 13.3. The van der Waals surface area contributed by atoms with Crippen molar-refractivity contribution >= 4 is 0 Å². The average molecular weight is 427 g/mol. The summed E-state index contributed by atoms with van der Waals surface area (Å²) in [6.45, 7) is 19.7. The quantitative estimate of drug-likeness (QED) is 0.449. The van der Waals surface area contributed by atoms with Gasteiger partial charge in [0.25, 0.3) is 0 Å². The maximum Gasteiger partial charge on any atom is 0.0594 e. The highest BCUT2D eigenvalue weighted by Gasteiger charge is 2.55. The lowest BCUT2D eigenvalue weighted by Crippen LogP contribution is -2.54. The van der Waals surface area contributed by atoms with Crippen molar-refractivity contribution < 1.29 is 5.11 Å². The van der Waals surface area contributed by atoms with Gasteiger partial charge in [0.2, 0.25) is 0 Å². The highest BCUT2D eigenvalue weighted by Crippen LogP contribution is 2.62. The summed E-state index contributed by atoms with van der Waals surface area (Å²) in [7, 11) is 0. The summed E-state index contributed by atoms with van der Waals surface area (Å²) in [4.78, 5) is 0. The van der Waals surface area contributed by atoms with Crippen LogP contribution in [0.4, 0.5) is 0 Å². The molecule has 0 amide bonds. The van der Waals surface area contributed by atoms with Crippen LogP contribution in [0, 0.1) is 39.4 Å². The minimum atomic E-state index is -0.147. The van der Waals surface area contributed by atoms with Crippen molar-refractivity contribution in [1.29, 1.82) is 0 Å². The van der Waals surface area contributed by atoms with Crippen molar-refractivity contribution in [2.45, 2.75) is 126 Å². The standard InChI is InChI=1S/C30H50O/c1-20-13-15-29(7)18-17-27(3,4)19-24(29)22(20)10-11-23-21(2)9-12-25-28(5,6)26(31)14-16-30(23,25)8/h9,23-26,31H,10-19H2,1-8H3. The van der Waals surface area contributed by atoms with Crippen LogP contribution in [0.2, 0.25) is 0 Å². The lowest BCUT2D eigenvalue weighted by atomic mass is 9.47. The molecule has 4 aliphatic rings. The minimum absolute atomic E-state index is 0.0223. The summed E-state index contributed by atoms with van der Waals surface area (Å²) in [5, 5.41) is 10.8. The van der Waals surface area contributed by atoms with E-state index in [0.717, 1.165) is 18.8 Å². The Kier molecular flexibility index (Phi) is 5.90. The highest BCUT2D eigenvalue weighted by atomic mass is 16.3. The van der Waals surface area contributed by atoms with Crippen LogP contribution in [-0.2, 0) is 0 Å². The molecule has 176 valence electrons. The van der Waals surface area contributed by atoms with E-state index in [1.54, 1.807) is 11.1 Å². The monoisotopic (exact) mass is 426 g/mol. The molecule has 1 nitrogen and oxygen atoms in total. The Bertz CT molecular complexity index is 767. The minimum Gasteiger partial charge on any atom is -0.393 e. The highest BCUT2D eigenvalue weighted by molar-refractivity contribution is 5.26. The van der Waals surface area contributed by atoms with Gasteiger partial charge in [-0.2, -0.15) is 0 Å². The van der Waals surface area contributed by atoms with E-state index in [2.05, 4.69) is 61.5 Å². The van der Waals surface area contributed by atoms with Crippen molar-refractivity contribution in [3.63, 3.8) is 0 Å². The van der Waals surface area contributed by atoms with Crippen LogP contribution in [-0.4, -0.2) is 11.2 Å². The fraction of sp³-hybridized carbons (Fsp3) is 0.867. The van der Waals surface area contributed by atoms with E-state index >= 15 is 0 Å². The maximum atomic E-state index is 10.8. The zero-order valence-electron chi connectivity index (χ0n) is 21.9. The molecule has 2 saturated carbocycles. The van der Waals surface area contributed by atoms with Gasteiger partial charge in [0.15, 0.2) is 0 Å². The average Bonchev–Trinajstić information content (AvgIpc) is 2.67. The van der Waals surface area contributed by atoms with Crippen LogP contribution in [0.5, 0.6) is 0 Å². The number of aliphatic hydroxyl groups excluding tert-OH is 1. The van der Waals surface area contributed by atoms with E-state index < -0.39 is 0 Å². The van der Waals surface area contributed by atoms with Crippen molar-refractivity contribution in [3.05, 3.63) is 22.8 Å². The molecule has 0 aromatic carbocycles. The van der Waals surface area contributed by atoms with Gasteiger partial charge in [0, 0.05) is 0 Å². The van der Waals surface area contributed by atoms with E-state index in [0.29, 0.717) is 28.1 Å². The third-order valence-corrected chi connectivity index (χ3v) is 11.2. The van der Waals surface area contributed by atoms with Gasteiger partial charge in [-0.15, -0.1) is 0 Å². The van der Waals surface area contributed by atoms with E-state index in [1.165, 1.54) is 51.4 Å². The van der Waals surface area contributed by atoms with Gasteiger partial charge in [-0.3, -0.25) is 0 Å². The molecule has 0 aromatic rings. The Labute approximate surface area is 193 Å². The van der Waals surface area contributed by atoms with Crippen LogP contribution >= 0.6 is 0 Å². The second-order valence-corrected chi connectivity index (χ2v) is 14.1. The zero-order valence-corrected chi connectivity index (χ0v) is 21.9. The predicted molar refractivity (Wildman–Crippen MR) is 133 cm³/mol. The number of hydrogen-bond donors (Lipinski definition) is 1.